The van der Waals surface area contributed by atoms with E-state index in [1.165, 1.54) is 0 Å². The van der Waals surface area contributed by atoms with E-state index in [0.717, 1.165) is 18.8 Å². The minimum Gasteiger partial charge on any atom is -0.480 e. The summed E-state index contributed by atoms with van der Waals surface area (Å²) in [5.74, 6) is 0.0943. The summed E-state index contributed by atoms with van der Waals surface area (Å²) >= 11 is 0. The van der Waals surface area contributed by atoms with Crippen molar-refractivity contribution in [2.24, 2.45) is 0 Å². The Bertz CT molecular complexity index is 393. The predicted octanol–water partition coefficient (Wildman–Crippen LogP) is 0.233. The first-order chi connectivity index (χ1) is 9.19. The van der Waals surface area contributed by atoms with Crippen molar-refractivity contribution in [2.45, 2.75) is 19.0 Å². The zero-order valence-electron chi connectivity index (χ0n) is 10.9. The summed E-state index contributed by atoms with van der Waals surface area (Å²) in [6.45, 7) is 3.08. The van der Waals surface area contributed by atoms with Crippen molar-refractivity contribution in [3.05, 3.63) is 24.2 Å². The van der Waals surface area contributed by atoms with E-state index in [4.69, 9.17) is 14.6 Å². The molecule has 19 heavy (non-hydrogen) atoms. The third kappa shape index (κ3) is 4.05. The van der Waals surface area contributed by atoms with Crippen LogP contribution in [-0.4, -0.2) is 64.8 Å². The molecule has 6 heteroatoms. The minimum atomic E-state index is -0.803. The first-order valence-corrected chi connectivity index (χ1v) is 6.50. The van der Waals surface area contributed by atoms with E-state index in [9.17, 15) is 4.79 Å². The lowest BCUT2D eigenvalue weighted by atomic mass is 10.1. The average molecular weight is 268 g/mol. The summed E-state index contributed by atoms with van der Waals surface area (Å²) in [6.07, 6.45) is 2.30. The van der Waals surface area contributed by atoms with Gasteiger partial charge in [0.25, 0.3) is 0 Å². The van der Waals surface area contributed by atoms with Crippen molar-refractivity contribution in [1.29, 1.82) is 0 Å². The van der Waals surface area contributed by atoms with Gasteiger partial charge in [-0.2, -0.15) is 0 Å². The molecule has 0 aliphatic carbocycles. The van der Waals surface area contributed by atoms with Crippen LogP contribution in [0.4, 0.5) is 0 Å². The van der Waals surface area contributed by atoms with Gasteiger partial charge in [-0.25, -0.2) is 0 Å². The Kier molecular flexibility index (Phi) is 4.95. The fourth-order valence-corrected chi connectivity index (χ4v) is 2.53. The first kappa shape index (κ1) is 14.0. The van der Waals surface area contributed by atoms with Gasteiger partial charge in [0.05, 0.1) is 19.4 Å². The molecule has 2 heterocycles. The van der Waals surface area contributed by atoms with Crippen LogP contribution in [0, 0.1) is 0 Å². The monoisotopic (exact) mass is 268 g/mol. The predicted molar refractivity (Wildman–Crippen MR) is 68.7 cm³/mol. The topological polar surface area (TPSA) is 77.2 Å². The molecule has 2 N–H and O–H groups in total. The minimum absolute atomic E-state index is 0.0660. The number of hydrogen-bond acceptors (Lipinski definition) is 5. The van der Waals surface area contributed by atoms with Crippen molar-refractivity contribution in [1.82, 2.24) is 9.80 Å². The summed E-state index contributed by atoms with van der Waals surface area (Å²) in [5.41, 5.74) is 0. The van der Waals surface area contributed by atoms with Crippen molar-refractivity contribution in [3.8, 4) is 0 Å². The zero-order valence-corrected chi connectivity index (χ0v) is 10.9. The van der Waals surface area contributed by atoms with Crippen LogP contribution in [0.1, 0.15) is 12.2 Å². The van der Waals surface area contributed by atoms with Crippen molar-refractivity contribution >= 4 is 5.97 Å². The van der Waals surface area contributed by atoms with E-state index >= 15 is 0 Å². The van der Waals surface area contributed by atoms with Gasteiger partial charge in [0.15, 0.2) is 0 Å². The summed E-state index contributed by atoms with van der Waals surface area (Å²) in [4.78, 5) is 14.9. The Morgan fingerprint density at radius 3 is 2.95 bits per heavy atom. The molecule has 1 aliphatic heterocycles. The fraction of sp³-hybridized carbons (Fsp3) is 0.615. The van der Waals surface area contributed by atoms with Crippen LogP contribution in [0.15, 0.2) is 22.8 Å². The number of carbonyl (C=O) groups is 1. The maximum atomic E-state index is 10.8. The van der Waals surface area contributed by atoms with E-state index in [1.807, 2.05) is 17.0 Å². The Balaban J connectivity index is 1.94. The Hall–Kier alpha value is -1.37. The molecule has 0 spiro atoms. The maximum Gasteiger partial charge on any atom is 0.317 e. The van der Waals surface area contributed by atoms with Crippen molar-refractivity contribution in [3.63, 3.8) is 0 Å². The van der Waals surface area contributed by atoms with E-state index < -0.39 is 5.97 Å². The summed E-state index contributed by atoms with van der Waals surface area (Å²) in [6, 6.07) is 3.96. The van der Waals surface area contributed by atoms with E-state index in [2.05, 4.69) is 4.90 Å². The van der Waals surface area contributed by atoms with Crippen LogP contribution < -0.4 is 0 Å². The number of aliphatic hydroxyl groups excluding tert-OH is 1. The highest BCUT2D eigenvalue weighted by Gasteiger charge is 2.27. The second-order valence-electron chi connectivity index (χ2n) is 4.84. The number of nitrogens with zero attached hydrogens (tertiary/aromatic N) is 2. The molecule has 1 atom stereocenters. The Morgan fingerprint density at radius 1 is 1.47 bits per heavy atom. The van der Waals surface area contributed by atoms with Gasteiger partial charge in [-0.1, -0.05) is 0 Å². The molecule has 2 rings (SSSR count). The van der Waals surface area contributed by atoms with Gasteiger partial charge in [0, 0.05) is 32.3 Å². The molecule has 0 aromatic carbocycles. The van der Waals surface area contributed by atoms with Gasteiger partial charge in [-0.3, -0.25) is 14.6 Å². The van der Waals surface area contributed by atoms with Crippen LogP contribution in [0.5, 0.6) is 0 Å². The lowest BCUT2D eigenvalue weighted by molar-refractivity contribution is -0.139. The number of carboxylic acid groups (broad SMARTS) is 1. The quantitative estimate of drug-likeness (QED) is 0.769. The molecular formula is C13H20N2O4. The molecule has 1 aromatic rings. The van der Waals surface area contributed by atoms with E-state index in [-0.39, 0.29) is 19.2 Å². The molecule has 0 amide bonds. The third-order valence-corrected chi connectivity index (χ3v) is 3.45. The van der Waals surface area contributed by atoms with Crippen LogP contribution in [0.3, 0.4) is 0 Å². The molecule has 1 saturated heterocycles. The number of rotatable bonds is 6. The van der Waals surface area contributed by atoms with Gasteiger partial charge in [0.1, 0.15) is 5.76 Å². The summed E-state index contributed by atoms with van der Waals surface area (Å²) < 4.78 is 5.34. The Morgan fingerprint density at radius 2 is 2.32 bits per heavy atom. The number of carboxylic acids is 1. The summed E-state index contributed by atoms with van der Waals surface area (Å²) in [7, 11) is 0. The van der Waals surface area contributed by atoms with Crippen LogP contribution >= 0.6 is 0 Å². The first-order valence-electron chi connectivity index (χ1n) is 6.50. The normalized spacial score (nSPS) is 21.6. The van der Waals surface area contributed by atoms with Gasteiger partial charge in [-0.05, 0) is 18.6 Å². The van der Waals surface area contributed by atoms with Gasteiger partial charge >= 0.3 is 5.97 Å². The number of aliphatic carboxylic acids is 1. The molecular weight excluding hydrogens is 248 g/mol. The van der Waals surface area contributed by atoms with E-state index in [0.29, 0.717) is 19.5 Å². The van der Waals surface area contributed by atoms with E-state index in [1.54, 1.807) is 6.26 Å². The molecule has 106 valence electrons. The van der Waals surface area contributed by atoms with Gasteiger partial charge < -0.3 is 14.6 Å². The lowest BCUT2D eigenvalue weighted by Gasteiger charge is -2.40. The number of aliphatic hydroxyl groups is 1. The molecule has 1 fully saturated rings. The maximum absolute atomic E-state index is 10.8. The van der Waals surface area contributed by atoms with Crippen LogP contribution in [-0.2, 0) is 11.3 Å². The molecule has 1 unspecified atom stereocenters. The highest BCUT2D eigenvalue weighted by atomic mass is 16.4. The third-order valence-electron chi connectivity index (χ3n) is 3.45. The zero-order chi connectivity index (χ0) is 13.7. The molecule has 1 aliphatic rings. The second-order valence-corrected chi connectivity index (χ2v) is 4.84. The number of hydrogen-bond donors (Lipinski definition) is 2. The number of piperazine rings is 1. The molecule has 0 saturated carbocycles. The average Bonchev–Trinajstić information content (AvgIpc) is 2.85. The van der Waals surface area contributed by atoms with Crippen LogP contribution in [0.2, 0.25) is 0 Å². The second kappa shape index (κ2) is 6.70. The van der Waals surface area contributed by atoms with Gasteiger partial charge in [-0.15, -0.1) is 0 Å². The lowest BCUT2D eigenvalue weighted by Crippen LogP contribution is -2.53. The largest absolute Gasteiger partial charge is 0.480 e. The SMILES string of the molecule is O=C(O)CN1CCN(Cc2ccco2)C(CCO)C1. The van der Waals surface area contributed by atoms with Crippen molar-refractivity contribution in [2.75, 3.05) is 32.8 Å². The van der Waals surface area contributed by atoms with Crippen LogP contribution in [0.25, 0.3) is 0 Å². The standard InChI is InChI=1S/C13H20N2O4/c16-6-3-11-8-14(10-13(17)18)4-5-15(11)9-12-2-1-7-19-12/h1-2,7,11,16H,3-6,8-10H2,(H,17,18). The van der Waals surface area contributed by atoms with Crippen molar-refractivity contribution < 1.29 is 19.4 Å². The Labute approximate surface area is 112 Å². The summed E-state index contributed by atoms with van der Waals surface area (Å²) in [5, 5.41) is 18.0. The highest BCUT2D eigenvalue weighted by Crippen LogP contribution is 2.16. The highest BCUT2D eigenvalue weighted by molar-refractivity contribution is 5.69. The molecule has 0 radical (unpaired) electrons. The number of furan rings is 1. The van der Waals surface area contributed by atoms with Gasteiger partial charge in [0.2, 0.25) is 0 Å². The molecule has 6 nitrogen and oxygen atoms in total. The fourth-order valence-electron chi connectivity index (χ4n) is 2.53. The molecule has 0 bridgehead atoms. The molecule has 1 aromatic heterocycles. The smallest absolute Gasteiger partial charge is 0.317 e.